The Balaban J connectivity index is 2.17. The fraction of sp³-hybridized carbons (Fsp3) is 0.154. The summed E-state index contributed by atoms with van der Waals surface area (Å²) in [6.45, 7) is 0. The Morgan fingerprint density at radius 1 is 1.29 bits per heavy atom. The van der Waals surface area contributed by atoms with E-state index in [0.29, 0.717) is 12.1 Å². The molecule has 0 bridgehead atoms. The highest BCUT2D eigenvalue weighted by molar-refractivity contribution is 6.16. The zero-order valence-corrected chi connectivity index (χ0v) is 9.21. The number of amides is 1. The fourth-order valence-electron chi connectivity index (χ4n) is 1.91. The van der Waals surface area contributed by atoms with Gasteiger partial charge in [0.15, 0.2) is 0 Å². The second-order valence-electron chi connectivity index (χ2n) is 3.92. The highest BCUT2D eigenvalue weighted by Crippen LogP contribution is 2.14. The van der Waals surface area contributed by atoms with Gasteiger partial charge < -0.3 is 0 Å². The summed E-state index contributed by atoms with van der Waals surface area (Å²) in [5, 5.41) is 4.24. The molecule has 3 heterocycles. The Labute approximate surface area is 98.3 Å². The first-order chi connectivity index (χ1) is 8.34. The zero-order valence-electron chi connectivity index (χ0n) is 9.21. The van der Waals surface area contributed by atoms with Crippen molar-refractivity contribution in [2.24, 2.45) is 4.99 Å². The minimum absolute atomic E-state index is 0.0692. The number of hydrogen-bond donors (Lipinski definition) is 0. The van der Waals surface area contributed by atoms with Crippen molar-refractivity contribution in [2.75, 3.05) is 0 Å². The number of carbonyl (C=O) groups is 1. The van der Waals surface area contributed by atoms with Gasteiger partial charge in [-0.25, -0.2) is 9.51 Å². The molecule has 0 saturated carbocycles. The lowest BCUT2D eigenvalue weighted by Gasteiger charge is -1.97. The topological polar surface area (TPSA) is 46.7 Å². The van der Waals surface area contributed by atoms with Crippen LogP contribution in [-0.2, 0) is 4.79 Å². The standard InChI is InChI=1S/C13H11N3O/c17-13-7-2-1-5-11(15-13)10-9-14-16-8-4-3-6-12(10)16/h1,3-6,8-9H,2,7H2. The Morgan fingerprint density at radius 3 is 3.18 bits per heavy atom. The average Bonchev–Trinajstić information content (AvgIpc) is 2.66. The molecule has 0 unspecified atom stereocenters. The van der Waals surface area contributed by atoms with Crippen molar-refractivity contribution in [1.82, 2.24) is 9.61 Å². The minimum Gasteiger partial charge on any atom is -0.273 e. The van der Waals surface area contributed by atoms with Crippen LogP contribution in [0.25, 0.3) is 5.52 Å². The van der Waals surface area contributed by atoms with Crippen molar-refractivity contribution >= 4 is 17.1 Å². The lowest BCUT2D eigenvalue weighted by molar-refractivity contribution is -0.117. The van der Waals surface area contributed by atoms with Crippen molar-refractivity contribution in [3.8, 4) is 0 Å². The molecule has 4 heteroatoms. The summed E-state index contributed by atoms with van der Waals surface area (Å²) in [5.41, 5.74) is 2.57. The highest BCUT2D eigenvalue weighted by atomic mass is 16.1. The summed E-state index contributed by atoms with van der Waals surface area (Å²) in [4.78, 5) is 15.6. The molecule has 2 aromatic heterocycles. The van der Waals surface area contributed by atoms with E-state index in [1.54, 1.807) is 10.7 Å². The van der Waals surface area contributed by atoms with Crippen LogP contribution in [0, 0.1) is 0 Å². The van der Waals surface area contributed by atoms with Crippen LogP contribution in [0.15, 0.2) is 47.7 Å². The van der Waals surface area contributed by atoms with Crippen molar-refractivity contribution in [1.29, 1.82) is 0 Å². The van der Waals surface area contributed by atoms with Crippen molar-refractivity contribution in [3.05, 3.63) is 48.3 Å². The molecule has 0 saturated heterocycles. The van der Waals surface area contributed by atoms with Gasteiger partial charge in [0.2, 0.25) is 5.91 Å². The second-order valence-corrected chi connectivity index (χ2v) is 3.92. The molecule has 0 atom stereocenters. The number of fused-ring (bicyclic) bond motifs is 1. The molecule has 3 rings (SSSR count). The van der Waals surface area contributed by atoms with Gasteiger partial charge >= 0.3 is 0 Å². The van der Waals surface area contributed by atoms with Gasteiger partial charge in [0.1, 0.15) is 0 Å². The van der Waals surface area contributed by atoms with Gasteiger partial charge in [-0.05, 0) is 24.6 Å². The van der Waals surface area contributed by atoms with E-state index in [0.717, 1.165) is 17.5 Å². The molecule has 0 spiro atoms. The fourth-order valence-corrected chi connectivity index (χ4v) is 1.91. The number of pyridine rings is 1. The van der Waals surface area contributed by atoms with Gasteiger partial charge in [-0.15, -0.1) is 0 Å². The molecular formula is C13H11N3O. The molecular weight excluding hydrogens is 214 g/mol. The number of aliphatic imine (C=N–C) groups is 1. The third kappa shape index (κ3) is 1.78. The van der Waals surface area contributed by atoms with Crippen LogP contribution < -0.4 is 0 Å². The van der Waals surface area contributed by atoms with Crippen LogP contribution >= 0.6 is 0 Å². The normalized spacial score (nSPS) is 16.0. The number of hydrogen-bond acceptors (Lipinski definition) is 2. The van der Waals surface area contributed by atoms with Crippen LogP contribution in [0.1, 0.15) is 18.4 Å². The second kappa shape index (κ2) is 3.97. The summed E-state index contributed by atoms with van der Waals surface area (Å²) >= 11 is 0. The minimum atomic E-state index is -0.0692. The van der Waals surface area contributed by atoms with E-state index in [2.05, 4.69) is 10.1 Å². The molecule has 1 amide bonds. The SMILES string of the molecule is O=C1CCC=CC(c2cnn3ccccc23)=N1. The van der Waals surface area contributed by atoms with Gasteiger partial charge in [0, 0.05) is 18.2 Å². The molecule has 84 valence electrons. The van der Waals surface area contributed by atoms with E-state index in [-0.39, 0.29) is 5.91 Å². The quantitative estimate of drug-likeness (QED) is 0.745. The number of allylic oxidation sites excluding steroid dienone is 2. The van der Waals surface area contributed by atoms with Crippen molar-refractivity contribution < 1.29 is 4.79 Å². The number of rotatable bonds is 1. The summed E-state index contributed by atoms with van der Waals surface area (Å²) in [6.07, 6.45) is 8.74. The predicted molar refractivity (Wildman–Crippen MR) is 65.1 cm³/mol. The third-order valence-corrected chi connectivity index (χ3v) is 2.75. The average molecular weight is 225 g/mol. The van der Waals surface area contributed by atoms with E-state index in [9.17, 15) is 4.79 Å². The Kier molecular flexibility index (Phi) is 2.33. The largest absolute Gasteiger partial charge is 0.273 e. The molecule has 0 N–H and O–H groups in total. The maximum Gasteiger partial charge on any atom is 0.246 e. The zero-order chi connectivity index (χ0) is 11.7. The van der Waals surface area contributed by atoms with Gasteiger partial charge in [0.05, 0.1) is 17.4 Å². The maximum absolute atomic E-state index is 11.5. The number of nitrogens with zero attached hydrogens (tertiary/aromatic N) is 3. The van der Waals surface area contributed by atoms with E-state index >= 15 is 0 Å². The van der Waals surface area contributed by atoms with E-state index in [4.69, 9.17) is 0 Å². The summed E-state index contributed by atoms with van der Waals surface area (Å²) in [6, 6.07) is 5.83. The Morgan fingerprint density at radius 2 is 2.24 bits per heavy atom. The van der Waals surface area contributed by atoms with Crippen LogP contribution in [0.5, 0.6) is 0 Å². The number of carbonyl (C=O) groups excluding carboxylic acids is 1. The number of aromatic nitrogens is 2. The van der Waals surface area contributed by atoms with Crippen LogP contribution in [0.2, 0.25) is 0 Å². The Bertz CT molecular complexity index is 637. The lowest BCUT2D eigenvalue weighted by Crippen LogP contribution is -2.00. The van der Waals surface area contributed by atoms with Crippen LogP contribution in [-0.4, -0.2) is 21.2 Å². The molecule has 0 aromatic carbocycles. The first-order valence-electron chi connectivity index (χ1n) is 5.55. The van der Waals surface area contributed by atoms with E-state index < -0.39 is 0 Å². The predicted octanol–water partition coefficient (Wildman–Crippen LogP) is 2.00. The van der Waals surface area contributed by atoms with E-state index in [1.165, 1.54) is 0 Å². The molecule has 1 aliphatic heterocycles. The van der Waals surface area contributed by atoms with Gasteiger partial charge in [-0.3, -0.25) is 4.79 Å². The van der Waals surface area contributed by atoms with E-state index in [1.807, 2.05) is 36.5 Å². The summed E-state index contributed by atoms with van der Waals surface area (Å²) in [7, 11) is 0. The lowest BCUT2D eigenvalue weighted by atomic mass is 10.1. The molecule has 2 aromatic rings. The maximum atomic E-state index is 11.5. The highest BCUT2D eigenvalue weighted by Gasteiger charge is 2.11. The smallest absolute Gasteiger partial charge is 0.246 e. The molecule has 4 nitrogen and oxygen atoms in total. The van der Waals surface area contributed by atoms with Crippen LogP contribution in [0.4, 0.5) is 0 Å². The molecule has 17 heavy (non-hydrogen) atoms. The Hall–Kier alpha value is -2.23. The van der Waals surface area contributed by atoms with Crippen LogP contribution in [0.3, 0.4) is 0 Å². The molecule has 0 aliphatic carbocycles. The van der Waals surface area contributed by atoms with Gasteiger partial charge in [-0.2, -0.15) is 5.10 Å². The van der Waals surface area contributed by atoms with Crippen molar-refractivity contribution in [3.63, 3.8) is 0 Å². The molecule has 0 radical (unpaired) electrons. The monoisotopic (exact) mass is 225 g/mol. The van der Waals surface area contributed by atoms with Crippen molar-refractivity contribution in [2.45, 2.75) is 12.8 Å². The summed E-state index contributed by atoms with van der Waals surface area (Å²) in [5.74, 6) is -0.0692. The van der Waals surface area contributed by atoms with Gasteiger partial charge in [0.25, 0.3) is 0 Å². The first-order valence-corrected chi connectivity index (χ1v) is 5.55. The molecule has 1 aliphatic rings. The third-order valence-electron chi connectivity index (χ3n) is 2.75. The van der Waals surface area contributed by atoms with Gasteiger partial charge in [-0.1, -0.05) is 12.1 Å². The first kappa shape index (κ1) is 9.96. The molecule has 0 fully saturated rings. The summed E-state index contributed by atoms with van der Waals surface area (Å²) < 4.78 is 1.78.